The van der Waals surface area contributed by atoms with Gasteiger partial charge in [-0.05, 0) is 18.2 Å². The van der Waals surface area contributed by atoms with Crippen molar-refractivity contribution in [2.45, 2.75) is 6.54 Å². The van der Waals surface area contributed by atoms with Crippen molar-refractivity contribution in [1.82, 2.24) is 0 Å². The molecule has 0 spiro atoms. The van der Waals surface area contributed by atoms with Crippen molar-refractivity contribution in [3.05, 3.63) is 42.0 Å². The van der Waals surface area contributed by atoms with Crippen LogP contribution in [0.2, 0.25) is 0 Å². The van der Waals surface area contributed by atoms with Gasteiger partial charge >= 0.3 is 0 Å². The van der Waals surface area contributed by atoms with E-state index < -0.39 is 0 Å². The lowest BCUT2D eigenvalue weighted by atomic mass is 10.1. The lowest BCUT2D eigenvalue weighted by Gasteiger charge is -2.19. The minimum absolute atomic E-state index is 0.288. The summed E-state index contributed by atoms with van der Waals surface area (Å²) in [5, 5.41) is 3.37. The number of para-hydroxylation sites is 1. The lowest BCUT2D eigenvalue weighted by Crippen LogP contribution is -2.15. The second kappa shape index (κ2) is 5.09. The minimum atomic E-state index is 0.288. The first-order valence-corrected chi connectivity index (χ1v) is 6.91. The van der Waals surface area contributed by atoms with E-state index in [2.05, 4.69) is 5.32 Å². The summed E-state index contributed by atoms with van der Waals surface area (Å²) in [5.74, 6) is 3.20. The Kier molecular flexibility index (Phi) is 2.96. The molecule has 0 radical (unpaired) electrons. The zero-order valence-electron chi connectivity index (χ0n) is 11.4. The topological polar surface area (TPSA) is 49.0 Å². The molecule has 0 aromatic heterocycles. The number of nitrogens with one attached hydrogen (secondary N) is 1. The molecule has 0 saturated carbocycles. The van der Waals surface area contributed by atoms with Gasteiger partial charge in [-0.3, -0.25) is 0 Å². The lowest BCUT2D eigenvalue weighted by molar-refractivity contribution is 0.171. The van der Waals surface area contributed by atoms with E-state index >= 15 is 0 Å². The molecule has 2 heterocycles. The van der Waals surface area contributed by atoms with E-state index in [1.165, 1.54) is 0 Å². The molecule has 5 heteroatoms. The summed E-state index contributed by atoms with van der Waals surface area (Å²) in [5.41, 5.74) is 2.05. The summed E-state index contributed by atoms with van der Waals surface area (Å²) in [7, 11) is 0. The summed E-state index contributed by atoms with van der Waals surface area (Å²) >= 11 is 0. The Bertz CT molecular complexity index is 671. The van der Waals surface area contributed by atoms with Gasteiger partial charge in [-0.2, -0.15) is 0 Å². The molecule has 0 aliphatic carbocycles. The van der Waals surface area contributed by atoms with Crippen molar-refractivity contribution in [3.63, 3.8) is 0 Å². The van der Waals surface area contributed by atoms with E-state index in [1.807, 2.05) is 36.4 Å². The molecule has 2 aliphatic heterocycles. The van der Waals surface area contributed by atoms with Gasteiger partial charge in [0.1, 0.15) is 13.2 Å². The highest BCUT2D eigenvalue weighted by Gasteiger charge is 2.17. The molecule has 0 fully saturated rings. The van der Waals surface area contributed by atoms with Crippen LogP contribution in [-0.4, -0.2) is 20.0 Å². The first-order valence-electron chi connectivity index (χ1n) is 6.91. The molecular weight excluding hydrogens is 270 g/mol. The van der Waals surface area contributed by atoms with E-state index in [0.29, 0.717) is 19.8 Å². The molecule has 2 aliphatic rings. The summed E-state index contributed by atoms with van der Waals surface area (Å²) in [4.78, 5) is 0. The van der Waals surface area contributed by atoms with Crippen LogP contribution in [0.15, 0.2) is 36.4 Å². The second-order valence-corrected chi connectivity index (χ2v) is 4.86. The molecule has 2 aromatic carbocycles. The largest absolute Gasteiger partial charge is 0.486 e. The molecule has 108 valence electrons. The highest BCUT2D eigenvalue weighted by Crippen LogP contribution is 2.36. The van der Waals surface area contributed by atoms with Crippen molar-refractivity contribution < 1.29 is 18.9 Å². The zero-order valence-corrected chi connectivity index (χ0v) is 11.4. The smallest absolute Gasteiger partial charge is 0.231 e. The summed E-state index contributed by atoms with van der Waals surface area (Å²) < 4.78 is 22.0. The third-order valence-corrected chi connectivity index (χ3v) is 3.50. The number of hydrogen-bond donors (Lipinski definition) is 1. The van der Waals surface area contributed by atoms with Crippen LogP contribution >= 0.6 is 0 Å². The fourth-order valence-corrected chi connectivity index (χ4v) is 2.48. The Morgan fingerprint density at radius 1 is 0.857 bits per heavy atom. The first kappa shape index (κ1) is 12.2. The number of ether oxygens (including phenoxy) is 4. The van der Waals surface area contributed by atoms with Crippen LogP contribution < -0.4 is 24.3 Å². The van der Waals surface area contributed by atoms with Gasteiger partial charge in [0, 0.05) is 23.9 Å². The molecule has 0 saturated heterocycles. The van der Waals surface area contributed by atoms with E-state index in [0.717, 1.165) is 34.2 Å². The predicted molar refractivity (Wildman–Crippen MR) is 77.3 cm³/mol. The molecule has 0 atom stereocenters. The maximum atomic E-state index is 5.58. The van der Waals surface area contributed by atoms with E-state index in [9.17, 15) is 0 Å². The molecule has 1 N–H and O–H groups in total. The molecule has 2 aromatic rings. The second-order valence-electron chi connectivity index (χ2n) is 4.86. The Morgan fingerprint density at radius 3 is 2.71 bits per heavy atom. The maximum Gasteiger partial charge on any atom is 0.231 e. The van der Waals surface area contributed by atoms with Crippen molar-refractivity contribution in [1.29, 1.82) is 0 Å². The molecule has 0 bridgehead atoms. The highest BCUT2D eigenvalue weighted by molar-refractivity contribution is 5.56. The van der Waals surface area contributed by atoms with Crippen LogP contribution in [0, 0.1) is 0 Å². The van der Waals surface area contributed by atoms with E-state index in [-0.39, 0.29) is 6.79 Å². The number of rotatable bonds is 3. The fourth-order valence-electron chi connectivity index (χ4n) is 2.48. The van der Waals surface area contributed by atoms with Gasteiger partial charge in [0.05, 0.1) is 0 Å². The van der Waals surface area contributed by atoms with Gasteiger partial charge in [-0.25, -0.2) is 0 Å². The van der Waals surface area contributed by atoms with Crippen LogP contribution in [0.4, 0.5) is 5.69 Å². The Morgan fingerprint density at radius 2 is 1.76 bits per heavy atom. The van der Waals surface area contributed by atoms with Crippen molar-refractivity contribution in [3.8, 4) is 23.0 Å². The van der Waals surface area contributed by atoms with E-state index in [4.69, 9.17) is 18.9 Å². The van der Waals surface area contributed by atoms with Crippen molar-refractivity contribution in [2.75, 3.05) is 25.3 Å². The Balaban J connectivity index is 1.51. The number of anilines is 1. The van der Waals surface area contributed by atoms with Gasteiger partial charge in [0.15, 0.2) is 23.0 Å². The predicted octanol–water partition coefficient (Wildman–Crippen LogP) is 2.80. The number of benzene rings is 2. The van der Waals surface area contributed by atoms with Crippen molar-refractivity contribution in [2.24, 2.45) is 0 Å². The molecule has 0 unspecified atom stereocenters. The average Bonchev–Trinajstić information content (AvgIpc) is 3.02. The van der Waals surface area contributed by atoms with Gasteiger partial charge in [-0.1, -0.05) is 12.1 Å². The third kappa shape index (κ3) is 2.31. The van der Waals surface area contributed by atoms with Gasteiger partial charge in [-0.15, -0.1) is 0 Å². The number of fused-ring (bicyclic) bond motifs is 2. The maximum absolute atomic E-state index is 5.58. The molecular formula is C16H15NO4. The monoisotopic (exact) mass is 285 g/mol. The average molecular weight is 285 g/mol. The normalized spacial score (nSPS) is 14.9. The highest BCUT2D eigenvalue weighted by atomic mass is 16.7. The van der Waals surface area contributed by atoms with Crippen LogP contribution in [0.5, 0.6) is 23.0 Å². The van der Waals surface area contributed by atoms with Gasteiger partial charge < -0.3 is 24.3 Å². The standard InChI is InChI=1S/C16H15NO4/c1-2-11(16-14(3-1)20-10-21-16)9-17-12-4-5-13-15(8-12)19-7-6-18-13/h1-5,8,17H,6-7,9-10H2. The summed E-state index contributed by atoms with van der Waals surface area (Å²) in [6, 6.07) is 11.8. The summed E-state index contributed by atoms with van der Waals surface area (Å²) in [6.07, 6.45) is 0. The SMILES string of the molecule is c1cc(CNc2ccc3c(c2)OCCO3)c2c(c1)OCO2. The van der Waals surface area contributed by atoms with E-state index in [1.54, 1.807) is 0 Å². The minimum Gasteiger partial charge on any atom is -0.486 e. The van der Waals surface area contributed by atoms with Crippen molar-refractivity contribution >= 4 is 5.69 Å². The molecule has 21 heavy (non-hydrogen) atoms. The molecule has 4 rings (SSSR count). The van der Waals surface area contributed by atoms with Crippen LogP contribution in [0.1, 0.15) is 5.56 Å². The summed E-state index contributed by atoms with van der Waals surface area (Å²) in [6.45, 7) is 2.14. The molecule has 0 amide bonds. The first-order chi connectivity index (χ1) is 10.4. The zero-order chi connectivity index (χ0) is 14.1. The third-order valence-electron chi connectivity index (χ3n) is 3.50. The quantitative estimate of drug-likeness (QED) is 0.939. The van der Waals surface area contributed by atoms with Gasteiger partial charge in [0.25, 0.3) is 0 Å². The fraction of sp³-hybridized carbons (Fsp3) is 0.250. The Labute approximate surface area is 122 Å². The van der Waals surface area contributed by atoms with Gasteiger partial charge in [0.2, 0.25) is 6.79 Å². The number of hydrogen-bond acceptors (Lipinski definition) is 5. The van der Waals surface area contributed by atoms with Crippen LogP contribution in [-0.2, 0) is 6.54 Å². The van der Waals surface area contributed by atoms with Crippen LogP contribution in [0.25, 0.3) is 0 Å². The Hall–Kier alpha value is -2.56. The molecule has 5 nitrogen and oxygen atoms in total. The van der Waals surface area contributed by atoms with Crippen LogP contribution in [0.3, 0.4) is 0 Å².